The molecule has 0 radical (unpaired) electrons. The average Bonchev–Trinajstić information content (AvgIpc) is 3.18. The fraction of sp³-hybridized carbons (Fsp3) is 0.500. The van der Waals surface area contributed by atoms with Crippen LogP contribution < -0.4 is 0 Å². The van der Waals surface area contributed by atoms with Gasteiger partial charge in [0, 0.05) is 12.6 Å². The third-order valence-corrected chi connectivity index (χ3v) is 5.84. The summed E-state index contributed by atoms with van der Waals surface area (Å²) in [6.45, 7) is 4.15. The second-order valence-electron chi connectivity index (χ2n) is 5.56. The molecule has 0 aliphatic heterocycles. The van der Waals surface area contributed by atoms with Gasteiger partial charge in [-0.2, -0.15) is 4.31 Å². The predicted octanol–water partition coefficient (Wildman–Crippen LogP) is 2.85. The van der Waals surface area contributed by atoms with Crippen molar-refractivity contribution in [1.29, 1.82) is 0 Å². The van der Waals surface area contributed by atoms with Crippen LogP contribution in [-0.2, 0) is 10.0 Å². The van der Waals surface area contributed by atoms with E-state index in [0.29, 0.717) is 12.5 Å². The van der Waals surface area contributed by atoms with Crippen LogP contribution in [-0.4, -0.2) is 36.4 Å². The molecule has 0 unspecified atom stereocenters. The topological polar surface area (TPSA) is 74.7 Å². The molecule has 1 aliphatic rings. The van der Waals surface area contributed by atoms with E-state index in [-0.39, 0.29) is 21.5 Å². The molecule has 1 fully saturated rings. The molecule has 1 aromatic carbocycles. The molecule has 0 bridgehead atoms. The summed E-state index contributed by atoms with van der Waals surface area (Å²) in [5.74, 6) is -0.751. The lowest BCUT2D eigenvalue weighted by Gasteiger charge is -2.26. The zero-order valence-electron chi connectivity index (χ0n) is 11.9. The van der Waals surface area contributed by atoms with Crippen molar-refractivity contribution in [2.75, 3.05) is 6.54 Å². The van der Waals surface area contributed by atoms with Gasteiger partial charge in [-0.25, -0.2) is 13.2 Å². The molecular weight excluding hydrogens is 314 g/mol. The summed E-state index contributed by atoms with van der Waals surface area (Å²) >= 11 is 5.87. The minimum Gasteiger partial charge on any atom is -0.478 e. The Labute approximate surface area is 129 Å². The Morgan fingerprint density at radius 2 is 2.05 bits per heavy atom. The minimum atomic E-state index is -3.66. The van der Waals surface area contributed by atoms with Crippen LogP contribution in [0.1, 0.15) is 37.0 Å². The van der Waals surface area contributed by atoms with Crippen LogP contribution in [0.3, 0.4) is 0 Å². The van der Waals surface area contributed by atoms with Crippen molar-refractivity contribution in [3.63, 3.8) is 0 Å². The molecule has 2 rings (SSSR count). The van der Waals surface area contributed by atoms with E-state index in [0.717, 1.165) is 12.8 Å². The molecule has 0 heterocycles. The quantitative estimate of drug-likeness (QED) is 0.869. The van der Waals surface area contributed by atoms with Gasteiger partial charge in [0.15, 0.2) is 0 Å². The minimum absolute atomic E-state index is 0.0341. The van der Waals surface area contributed by atoms with E-state index in [4.69, 9.17) is 16.7 Å². The summed E-state index contributed by atoms with van der Waals surface area (Å²) in [6, 6.07) is 3.58. The summed E-state index contributed by atoms with van der Waals surface area (Å²) in [5.41, 5.74) is -0.103. The highest BCUT2D eigenvalue weighted by Gasteiger charge is 2.33. The van der Waals surface area contributed by atoms with E-state index < -0.39 is 16.0 Å². The van der Waals surface area contributed by atoms with Gasteiger partial charge in [0.1, 0.15) is 0 Å². The van der Waals surface area contributed by atoms with Crippen molar-refractivity contribution in [2.24, 2.45) is 5.92 Å². The summed E-state index contributed by atoms with van der Waals surface area (Å²) in [5, 5.41) is 8.87. The third kappa shape index (κ3) is 3.56. The summed E-state index contributed by atoms with van der Waals surface area (Å²) in [7, 11) is -3.66. The summed E-state index contributed by atoms with van der Waals surface area (Å²) in [4.78, 5) is 11.0. The highest BCUT2D eigenvalue weighted by molar-refractivity contribution is 7.89. The maximum atomic E-state index is 12.7. The van der Waals surface area contributed by atoms with Crippen LogP contribution in [0.25, 0.3) is 0 Å². The number of halogens is 1. The largest absolute Gasteiger partial charge is 0.478 e. The van der Waals surface area contributed by atoms with Gasteiger partial charge in [0.2, 0.25) is 10.0 Å². The van der Waals surface area contributed by atoms with Crippen molar-refractivity contribution in [1.82, 2.24) is 4.31 Å². The monoisotopic (exact) mass is 331 g/mol. The molecule has 5 nitrogen and oxygen atoms in total. The molecular formula is C14H18ClNO4S. The fourth-order valence-electron chi connectivity index (χ4n) is 2.11. The van der Waals surface area contributed by atoms with Gasteiger partial charge in [-0.05, 0) is 50.8 Å². The molecule has 7 heteroatoms. The van der Waals surface area contributed by atoms with Gasteiger partial charge >= 0.3 is 5.97 Å². The molecule has 1 saturated carbocycles. The number of carbonyl (C=O) groups is 1. The van der Waals surface area contributed by atoms with Crippen molar-refractivity contribution < 1.29 is 18.3 Å². The van der Waals surface area contributed by atoms with Crippen LogP contribution in [0.5, 0.6) is 0 Å². The number of benzene rings is 1. The Morgan fingerprint density at radius 3 is 2.48 bits per heavy atom. The molecule has 21 heavy (non-hydrogen) atoms. The van der Waals surface area contributed by atoms with E-state index in [1.54, 1.807) is 0 Å². The van der Waals surface area contributed by atoms with E-state index in [2.05, 4.69) is 0 Å². The Hall–Kier alpha value is -1.11. The number of aromatic carboxylic acids is 1. The van der Waals surface area contributed by atoms with Gasteiger partial charge in [-0.1, -0.05) is 11.6 Å². The zero-order valence-corrected chi connectivity index (χ0v) is 13.5. The number of carboxylic acids is 1. The first-order valence-corrected chi connectivity index (χ1v) is 8.60. The SMILES string of the molecule is CC(C)N(CC1CC1)S(=O)(=O)c1ccc(C(=O)O)c(Cl)c1. The zero-order chi connectivity index (χ0) is 15.8. The van der Waals surface area contributed by atoms with E-state index in [9.17, 15) is 13.2 Å². The molecule has 0 saturated heterocycles. The molecule has 1 aromatic rings. The van der Waals surface area contributed by atoms with Crippen LogP contribution in [0.4, 0.5) is 0 Å². The predicted molar refractivity (Wildman–Crippen MR) is 80.2 cm³/mol. The van der Waals surface area contributed by atoms with E-state index >= 15 is 0 Å². The number of sulfonamides is 1. The van der Waals surface area contributed by atoms with Crippen molar-refractivity contribution in [2.45, 2.75) is 37.6 Å². The van der Waals surface area contributed by atoms with Crippen molar-refractivity contribution in [3.05, 3.63) is 28.8 Å². The first kappa shape index (κ1) is 16.3. The van der Waals surface area contributed by atoms with Gasteiger partial charge in [-0.15, -0.1) is 0 Å². The van der Waals surface area contributed by atoms with Crippen molar-refractivity contribution >= 4 is 27.6 Å². The van der Waals surface area contributed by atoms with Gasteiger partial charge < -0.3 is 5.11 Å². The molecule has 0 aromatic heterocycles. The Kier molecular flexibility index (Phi) is 4.60. The number of nitrogens with zero attached hydrogens (tertiary/aromatic N) is 1. The maximum Gasteiger partial charge on any atom is 0.337 e. The second-order valence-corrected chi connectivity index (χ2v) is 7.86. The molecule has 1 aliphatic carbocycles. The standard InChI is InChI=1S/C14H18ClNO4S/c1-9(2)16(8-10-3-4-10)21(19,20)11-5-6-12(14(17)18)13(15)7-11/h5-7,9-10H,3-4,8H2,1-2H3,(H,17,18). The second kappa shape index (κ2) is 5.94. The number of carboxylic acid groups (broad SMARTS) is 1. The normalized spacial score (nSPS) is 15.7. The van der Waals surface area contributed by atoms with E-state index in [1.165, 1.54) is 22.5 Å². The number of hydrogen-bond acceptors (Lipinski definition) is 3. The lowest BCUT2D eigenvalue weighted by atomic mass is 10.2. The van der Waals surface area contributed by atoms with Crippen LogP contribution >= 0.6 is 11.6 Å². The lowest BCUT2D eigenvalue weighted by Crippen LogP contribution is -2.38. The van der Waals surface area contributed by atoms with Gasteiger partial charge in [0.25, 0.3) is 0 Å². The first-order chi connectivity index (χ1) is 9.73. The third-order valence-electron chi connectivity index (χ3n) is 3.49. The molecule has 116 valence electrons. The number of rotatable bonds is 6. The van der Waals surface area contributed by atoms with Crippen LogP contribution in [0, 0.1) is 5.92 Å². The van der Waals surface area contributed by atoms with Gasteiger partial charge in [0.05, 0.1) is 15.5 Å². The van der Waals surface area contributed by atoms with Crippen molar-refractivity contribution in [3.8, 4) is 0 Å². The average molecular weight is 332 g/mol. The first-order valence-electron chi connectivity index (χ1n) is 6.78. The highest BCUT2D eigenvalue weighted by Crippen LogP contribution is 2.33. The van der Waals surface area contributed by atoms with Gasteiger partial charge in [-0.3, -0.25) is 0 Å². The Morgan fingerprint density at radius 1 is 1.43 bits per heavy atom. The molecule has 1 N–H and O–H groups in total. The summed E-state index contributed by atoms with van der Waals surface area (Å²) in [6.07, 6.45) is 2.11. The van der Waals surface area contributed by atoms with E-state index in [1.807, 2.05) is 13.8 Å². The fourth-order valence-corrected chi connectivity index (χ4v) is 4.17. The Bertz CT molecular complexity index is 653. The number of hydrogen-bond donors (Lipinski definition) is 1. The van der Waals surface area contributed by atoms with Crippen LogP contribution in [0.15, 0.2) is 23.1 Å². The summed E-state index contributed by atoms with van der Waals surface area (Å²) < 4.78 is 26.8. The highest BCUT2D eigenvalue weighted by atomic mass is 35.5. The maximum absolute atomic E-state index is 12.7. The molecule has 0 spiro atoms. The Balaban J connectivity index is 2.37. The molecule has 0 atom stereocenters. The molecule has 0 amide bonds. The smallest absolute Gasteiger partial charge is 0.337 e. The van der Waals surface area contributed by atoms with Crippen LogP contribution in [0.2, 0.25) is 5.02 Å². The lowest BCUT2D eigenvalue weighted by molar-refractivity contribution is 0.0697.